The number of nitrogens with zero attached hydrogens (tertiary/aromatic N) is 3. The van der Waals surface area contributed by atoms with Crippen molar-refractivity contribution < 1.29 is 14.6 Å². The third-order valence-electron chi connectivity index (χ3n) is 3.70. The van der Waals surface area contributed by atoms with Gasteiger partial charge < -0.3 is 14.7 Å². The molecule has 112 valence electrons. The minimum Gasteiger partial charge on any atom is -0.394 e. The molecule has 0 saturated carbocycles. The van der Waals surface area contributed by atoms with Crippen LogP contribution in [-0.4, -0.2) is 57.6 Å². The van der Waals surface area contributed by atoms with Crippen molar-refractivity contribution in [2.45, 2.75) is 38.8 Å². The van der Waals surface area contributed by atoms with Crippen LogP contribution in [0.3, 0.4) is 0 Å². The fourth-order valence-corrected chi connectivity index (χ4v) is 2.48. The molecule has 6 nitrogen and oxygen atoms in total. The molecule has 6 heteroatoms. The molecule has 1 saturated heterocycles. The second-order valence-electron chi connectivity index (χ2n) is 5.68. The predicted molar refractivity (Wildman–Crippen MR) is 74.6 cm³/mol. The highest BCUT2D eigenvalue weighted by molar-refractivity contribution is 5.92. The van der Waals surface area contributed by atoms with Crippen molar-refractivity contribution >= 4 is 5.91 Å². The van der Waals surface area contributed by atoms with Crippen LogP contribution >= 0.6 is 0 Å². The zero-order chi connectivity index (χ0) is 14.9. The maximum atomic E-state index is 12.6. The highest BCUT2D eigenvalue weighted by Crippen LogP contribution is 2.19. The van der Waals surface area contributed by atoms with Gasteiger partial charge in [-0.05, 0) is 18.9 Å². The molecule has 1 aromatic rings. The molecule has 0 aromatic carbocycles. The van der Waals surface area contributed by atoms with Crippen molar-refractivity contribution in [1.29, 1.82) is 0 Å². The zero-order valence-electron chi connectivity index (χ0n) is 12.5. The average Bonchev–Trinajstić information content (AvgIpc) is 2.81. The third-order valence-corrected chi connectivity index (χ3v) is 3.70. The quantitative estimate of drug-likeness (QED) is 0.888. The Balaban J connectivity index is 2.19. The maximum Gasteiger partial charge on any atom is 0.274 e. The van der Waals surface area contributed by atoms with Crippen LogP contribution in [0.15, 0.2) is 6.07 Å². The summed E-state index contributed by atoms with van der Waals surface area (Å²) in [7, 11) is 1.85. The Hall–Kier alpha value is -1.40. The van der Waals surface area contributed by atoms with E-state index >= 15 is 0 Å². The van der Waals surface area contributed by atoms with Gasteiger partial charge in [-0.3, -0.25) is 9.48 Å². The number of aryl methyl sites for hydroxylation is 1. The second kappa shape index (κ2) is 5.93. The second-order valence-corrected chi connectivity index (χ2v) is 5.68. The molecule has 0 bridgehead atoms. The van der Waals surface area contributed by atoms with E-state index in [9.17, 15) is 9.90 Å². The zero-order valence-corrected chi connectivity index (χ0v) is 12.5. The maximum absolute atomic E-state index is 12.6. The lowest BCUT2D eigenvalue weighted by Crippen LogP contribution is -2.52. The van der Waals surface area contributed by atoms with Gasteiger partial charge in [0.25, 0.3) is 5.91 Å². The molecule has 0 aliphatic carbocycles. The fourth-order valence-electron chi connectivity index (χ4n) is 2.48. The standard InChI is InChI=1S/C14H23N3O3/c1-9(2)13-5-12(15-16(13)4)14(19)17-6-11(7-18)20-8-10(17)3/h5,9-11,18H,6-8H2,1-4H3. The van der Waals surface area contributed by atoms with E-state index < -0.39 is 0 Å². The molecule has 2 unspecified atom stereocenters. The summed E-state index contributed by atoms with van der Waals surface area (Å²) < 4.78 is 7.21. The number of aliphatic hydroxyl groups is 1. The monoisotopic (exact) mass is 281 g/mol. The molecule has 2 atom stereocenters. The van der Waals surface area contributed by atoms with E-state index in [0.29, 0.717) is 24.8 Å². The Morgan fingerprint density at radius 3 is 2.85 bits per heavy atom. The Morgan fingerprint density at radius 2 is 2.30 bits per heavy atom. The van der Waals surface area contributed by atoms with Gasteiger partial charge in [-0.25, -0.2) is 0 Å². The molecule has 1 amide bonds. The van der Waals surface area contributed by atoms with Crippen LogP contribution in [0.1, 0.15) is 42.9 Å². The van der Waals surface area contributed by atoms with Crippen LogP contribution in [0.5, 0.6) is 0 Å². The molecule has 1 aliphatic rings. The number of amides is 1. The summed E-state index contributed by atoms with van der Waals surface area (Å²) in [4.78, 5) is 14.3. The first kappa shape index (κ1) is 15.0. The summed E-state index contributed by atoms with van der Waals surface area (Å²) in [5.41, 5.74) is 1.50. The highest BCUT2D eigenvalue weighted by atomic mass is 16.5. The third kappa shape index (κ3) is 2.86. The van der Waals surface area contributed by atoms with Gasteiger partial charge in [-0.1, -0.05) is 13.8 Å². The lowest BCUT2D eigenvalue weighted by Gasteiger charge is -2.37. The lowest BCUT2D eigenvalue weighted by molar-refractivity contribution is -0.0668. The van der Waals surface area contributed by atoms with E-state index in [0.717, 1.165) is 5.69 Å². The van der Waals surface area contributed by atoms with E-state index in [1.807, 2.05) is 20.0 Å². The molecule has 0 spiro atoms. The molecule has 2 rings (SSSR count). The summed E-state index contributed by atoms with van der Waals surface area (Å²) in [6.07, 6.45) is -0.302. The first-order valence-electron chi connectivity index (χ1n) is 7.01. The molecule has 1 aliphatic heterocycles. The van der Waals surface area contributed by atoms with Gasteiger partial charge in [0, 0.05) is 19.3 Å². The van der Waals surface area contributed by atoms with E-state index in [2.05, 4.69) is 18.9 Å². The summed E-state index contributed by atoms with van der Waals surface area (Å²) in [5, 5.41) is 13.5. The first-order chi connectivity index (χ1) is 9.43. The predicted octanol–water partition coefficient (Wildman–Crippen LogP) is 0.765. The van der Waals surface area contributed by atoms with Crippen molar-refractivity contribution in [2.75, 3.05) is 19.8 Å². The largest absolute Gasteiger partial charge is 0.394 e. The molecule has 1 fully saturated rings. The Bertz CT molecular complexity index is 484. The van der Waals surface area contributed by atoms with Gasteiger partial charge >= 0.3 is 0 Å². The number of carbonyl (C=O) groups is 1. The number of hydrogen-bond donors (Lipinski definition) is 1. The van der Waals surface area contributed by atoms with Gasteiger partial charge in [0.05, 0.1) is 25.4 Å². The summed E-state index contributed by atoms with van der Waals surface area (Å²) in [6, 6.07) is 1.85. The fraction of sp³-hybridized carbons (Fsp3) is 0.714. The molecule has 1 aromatic heterocycles. The Kier molecular flexibility index (Phi) is 4.45. The molecule has 1 N–H and O–H groups in total. The van der Waals surface area contributed by atoms with Crippen molar-refractivity contribution in [1.82, 2.24) is 14.7 Å². The normalized spacial score (nSPS) is 23.4. The van der Waals surface area contributed by atoms with Gasteiger partial charge in [0.2, 0.25) is 0 Å². The lowest BCUT2D eigenvalue weighted by atomic mass is 10.1. The van der Waals surface area contributed by atoms with Gasteiger partial charge in [0.15, 0.2) is 5.69 Å². The highest BCUT2D eigenvalue weighted by Gasteiger charge is 2.31. The SMILES string of the molecule is CC(C)c1cc(C(=O)N2CC(CO)OCC2C)nn1C. The Labute approximate surface area is 119 Å². The van der Waals surface area contributed by atoms with Crippen LogP contribution in [0.2, 0.25) is 0 Å². The van der Waals surface area contributed by atoms with E-state index in [1.165, 1.54) is 0 Å². The average molecular weight is 281 g/mol. The first-order valence-corrected chi connectivity index (χ1v) is 7.01. The number of aromatic nitrogens is 2. The number of carbonyl (C=O) groups excluding carboxylic acids is 1. The minimum absolute atomic E-state index is 0.00481. The van der Waals surface area contributed by atoms with E-state index in [1.54, 1.807) is 9.58 Å². The van der Waals surface area contributed by atoms with Crippen molar-refractivity contribution in [3.63, 3.8) is 0 Å². The van der Waals surface area contributed by atoms with Crippen LogP contribution in [0.4, 0.5) is 0 Å². The summed E-state index contributed by atoms with van der Waals surface area (Å²) in [6.45, 7) is 6.87. The number of aliphatic hydroxyl groups excluding tert-OH is 1. The van der Waals surface area contributed by atoms with Crippen molar-refractivity contribution in [3.8, 4) is 0 Å². The summed E-state index contributed by atoms with van der Waals surface area (Å²) in [5.74, 6) is 0.225. The minimum atomic E-state index is -0.302. The van der Waals surface area contributed by atoms with Crippen molar-refractivity contribution in [2.24, 2.45) is 7.05 Å². The number of morpholine rings is 1. The molecule has 0 radical (unpaired) electrons. The molecule has 20 heavy (non-hydrogen) atoms. The van der Waals surface area contributed by atoms with Crippen LogP contribution in [-0.2, 0) is 11.8 Å². The number of hydrogen-bond acceptors (Lipinski definition) is 4. The number of rotatable bonds is 3. The topological polar surface area (TPSA) is 67.6 Å². The smallest absolute Gasteiger partial charge is 0.274 e. The molecule has 2 heterocycles. The van der Waals surface area contributed by atoms with Crippen molar-refractivity contribution in [3.05, 3.63) is 17.5 Å². The molecular formula is C14H23N3O3. The van der Waals surface area contributed by atoms with Gasteiger partial charge in [-0.15, -0.1) is 0 Å². The molecular weight excluding hydrogens is 258 g/mol. The van der Waals surface area contributed by atoms with E-state index in [4.69, 9.17) is 4.74 Å². The van der Waals surface area contributed by atoms with Gasteiger partial charge in [-0.2, -0.15) is 5.10 Å². The van der Waals surface area contributed by atoms with Crippen LogP contribution in [0.25, 0.3) is 0 Å². The Morgan fingerprint density at radius 1 is 1.60 bits per heavy atom. The number of ether oxygens (including phenoxy) is 1. The van der Waals surface area contributed by atoms with Gasteiger partial charge in [0.1, 0.15) is 0 Å². The van der Waals surface area contributed by atoms with Crippen LogP contribution in [0, 0.1) is 0 Å². The summed E-state index contributed by atoms with van der Waals surface area (Å²) >= 11 is 0. The van der Waals surface area contributed by atoms with E-state index in [-0.39, 0.29) is 24.7 Å². The van der Waals surface area contributed by atoms with Crippen LogP contribution < -0.4 is 0 Å².